The molecule has 4 aromatic rings. The summed E-state index contributed by atoms with van der Waals surface area (Å²) in [6, 6.07) is 15.9. The van der Waals surface area contributed by atoms with Crippen LogP contribution < -0.4 is 9.64 Å². The molecule has 1 aliphatic heterocycles. The van der Waals surface area contributed by atoms with Crippen molar-refractivity contribution in [3.8, 4) is 5.75 Å². The van der Waals surface area contributed by atoms with Gasteiger partial charge in [-0.05, 0) is 37.3 Å². The maximum Gasteiger partial charge on any atom is 0.255 e. The maximum absolute atomic E-state index is 13.2. The van der Waals surface area contributed by atoms with Gasteiger partial charge in [-0.1, -0.05) is 23.5 Å². The molecule has 0 aliphatic carbocycles. The highest BCUT2D eigenvalue weighted by atomic mass is 32.1. The van der Waals surface area contributed by atoms with Gasteiger partial charge in [0.2, 0.25) is 0 Å². The number of hydrogen-bond acceptors (Lipinski definition) is 6. The Balaban J connectivity index is 1.33. The van der Waals surface area contributed by atoms with Gasteiger partial charge in [0.15, 0.2) is 5.13 Å². The van der Waals surface area contributed by atoms with Gasteiger partial charge in [0, 0.05) is 37.6 Å². The highest BCUT2D eigenvalue weighted by Crippen LogP contribution is 2.29. The van der Waals surface area contributed by atoms with E-state index < -0.39 is 0 Å². The molecule has 30 heavy (non-hydrogen) atoms. The number of piperazine rings is 1. The number of carbonyl (C=O) groups is 1. The number of nitrogens with zero attached hydrogens (tertiary/aromatic N) is 4. The molecule has 3 heterocycles. The number of carbonyl (C=O) groups excluding carboxylic acids is 1. The average molecular weight is 419 g/mol. The van der Waals surface area contributed by atoms with Gasteiger partial charge in [-0.2, -0.15) is 0 Å². The van der Waals surface area contributed by atoms with Crippen LogP contribution in [0.2, 0.25) is 0 Å². The Labute approximate surface area is 178 Å². The summed E-state index contributed by atoms with van der Waals surface area (Å²) in [6.45, 7) is 4.80. The zero-order chi connectivity index (χ0) is 20.7. The lowest BCUT2D eigenvalue weighted by Crippen LogP contribution is -2.49. The molecule has 6 nitrogen and oxygen atoms in total. The minimum Gasteiger partial charge on any atom is -0.497 e. The Morgan fingerprint density at radius 2 is 1.80 bits per heavy atom. The largest absolute Gasteiger partial charge is 0.497 e. The number of aromatic nitrogens is 2. The zero-order valence-electron chi connectivity index (χ0n) is 17.0. The molecule has 1 aliphatic rings. The van der Waals surface area contributed by atoms with E-state index >= 15 is 0 Å². The van der Waals surface area contributed by atoms with Crippen molar-refractivity contribution in [1.82, 2.24) is 14.9 Å². The van der Waals surface area contributed by atoms with Crippen molar-refractivity contribution in [2.75, 3.05) is 38.2 Å². The van der Waals surface area contributed by atoms with Crippen LogP contribution in [0.3, 0.4) is 0 Å². The van der Waals surface area contributed by atoms with Gasteiger partial charge >= 0.3 is 0 Å². The third kappa shape index (κ3) is 3.35. The van der Waals surface area contributed by atoms with Gasteiger partial charge in [-0.25, -0.2) is 4.98 Å². The molecular weight excluding hydrogens is 396 g/mol. The number of para-hydroxylation sites is 1. The van der Waals surface area contributed by atoms with Crippen molar-refractivity contribution >= 4 is 43.5 Å². The molecular formula is C23H22N4O2S. The third-order valence-corrected chi connectivity index (χ3v) is 6.66. The number of benzene rings is 2. The predicted molar refractivity (Wildman–Crippen MR) is 121 cm³/mol. The highest BCUT2D eigenvalue weighted by molar-refractivity contribution is 7.22. The van der Waals surface area contributed by atoms with Crippen LogP contribution in [0.25, 0.3) is 21.1 Å². The number of amides is 1. The summed E-state index contributed by atoms with van der Waals surface area (Å²) < 4.78 is 6.47. The first kappa shape index (κ1) is 18.8. The van der Waals surface area contributed by atoms with Crippen LogP contribution in [-0.4, -0.2) is 54.1 Å². The Bertz CT molecular complexity index is 1210. The van der Waals surface area contributed by atoms with Crippen molar-refractivity contribution in [3.05, 3.63) is 59.8 Å². The van der Waals surface area contributed by atoms with Crippen molar-refractivity contribution in [1.29, 1.82) is 0 Å². The second-order valence-electron chi connectivity index (χ2n) is 7.42. The zero-order valence-corrected chi connectivity index (χ0v) is 17.8. The molecule has 2 aromatic carbocycles. The molecule has 0 bridgehead atoms. The van der Waals surface area contributed by atoms with Gasteiger partial charge < -0.3 is 14.5 Å². The van der Waals surface area contributed by atoms with E-state index in [1.165, 1.54) is 4.70 Å². The number of fused-ring (bicyclic) bond motifs is 2. The second kappa shape index (κ2) is 7.57. The molecule has 0 saturated carbocycles. The van der Waals surface area contributed by atoms with Crippen LogP contribution in [0.15, 0.2) is 48.5 Å². The summed E-state index contributed by atoms with van der Waals surface area (Å²) in [6.07, 6.45) is 0. The van der Waals surface area contributed by atoms with E-state index in [1.54, 1.807) is 18.4 Å². The summed E-state index contributed by atoms with van der Waals surface area (Å²) in [5, 5.41) is 1.97. The lowest BCUT2D eigenvalue weighted by Gasteiger charge is -2.34. The number of rotatable bonds is 3. The first-order valence-corrected chi connectivity index (χ1v) is 10.8. The summed E-state index contributed by atoms with van der Waals surface area (Å²) in [4.78, 5) is 26.8. The normalized spacial score (nSPS) is 14.5. The fraction of sp³-hybridized carbons (Fsp3) is 0.261. The molecule has 0 spiro atoms. The summed E-state index contributed by atoms with van der Waals surface area (Å²) in [5.41, 5.74) is 3.28. The summed E-state index contributed by atoms with van der Waals surface area (Å²) >= 11 is 1.71. The fourth-order valence-electron chi connectivity index (χ4n) is 3.85. The van der Waals surface area contributed by atoms with E-state index in [0.29, 0.717) is 18.7 Å². The van der Waals surface area contributed by atoms with Crippen LogP contribution in [0.5, 0.6) is 5.75 Å². The topological polar surface area (TPSA) is 58.6 Å². The van der Waals surface area contributed by atoms with Crippen molar-refractivity contribution in [3.63, 3.8) is 0 Å². The number of thiazole rings is 1. The van der Waals surface area contributed by atoms with Crippen molar-refractivity contribution in [2.45, 2.75) is 6.92 Å². The first-order chi connectivity index (χ1) is 14.6. The van der Waals surface area contributed by atoms with Crippen LogP contribution >= 0.6 is 11.3 Å². The van der Waals surface area contributed by atoms with E-state index in [9.17, 15) is 4.79 Å². The van der Waals surface area contributed by atoms with Gasteiger partial charge in [0.05, 0.1) is 34.1 Å². The minimum atomic E-state index is 0.0432. The fourth-order valence-corrected chi connectivity index (χ4v) is 4.87. The number of anilines is 1. The van der Waals surface area contributed by atoms with E-state index in [2.05, 4.69) is 16.0 Å². The first-order valence-electron chi connectivity index (χ1n) is 9.97. The number of hydrogen-bond donors (Lipinski definition) is 0. The van der Waals surface area contributed by atoms with Gasteiger partial charge in [-0.3, -0.25) is 9.78 Å². The third-order valence-electron chi connectivity index (χ3n) is 5.57. The van der Waals surface area contributed by atoms with E-state index in [0.717, 1.165) is 46.1 Å². The van der Waals surface area contributed by atoms with Gasteiger partial charge in [0.1, 0.15) is 5.75 Å². The molecule has 2 aromatic heterocycles. The molecule has 1 fully saturated rings. The monoisotopic (exact) mass is 418 g/mol. The lowest BCUT2D eigenvalue weighted by atomic mass is 10.1. The van der Waals surface area contributed by atoms with E-state index in [-0.39, 0.29) is 5.91 Å². The number of aryl methyl sites for hydroxylation is 1. The van der Waals surface area contributed by atoms with Crippen LogP contribution in [-0.2, 0) is 0 Å². The minimum absolute atomic E-state index is 0.0432. The second-order valence-corrected chi connectivity index (χ2v) is 8.43. The van der Waals surface area contributed by atoms with Crippen LogP contribution in [0, 0.1) is 6.92 Å². The molecule has 5 rings (SSSR count). The van der Waals surface area contributed by atoms with Crippen LogP contribution in [0.1, 0.15) is 16.1 Å². The lowest BCUT2D eigenvalue weighted by molar-refractivity contribution is 0.0745. The number of methoxy groups -OCH3 is 1. The molecule has 0 unspecified atom stereocenters. The Morgan fingerprint density at radius 3 is 2.57 bits per heavy atom. The van der Waals surface area contributed by atoms with Crippen LogP contribution in [0.4, 0.5) is 5.13 Å². The van der Waals surface area contributed by atoms with Gasteiger partial charge in [0.25, 0.3) is 5.91 Å². The van der Waals surface area contributed by atoms with Crippen molar-refractivity contribution < 1.29 is 9.53 Å². The average Bonchev–Trinajstić information content (AvgIpc) is 3.22. The summed E-state index contributed by atoms with van der Waals surface area (Å²) in [7, 11) is 1.64. The Kier molecular flexibility index (Phi) is 4.75. The number of pyridine rings is 1. The predicted octanol–water partition coefficient (Wildman–Crippen LogP) is 4.12. The van der Waals surface area contributed by atoms with E-state index in [4.69, 9.17) is 9.72 Å². The molecule has 0 atom stereocenters. The summed E-state index contributed by atoms with van der Waals surface area (Å²) in [5.74, 6) is 0.807. The molecule has 0 N–H and O–H groups in total. The Morgan fingerprint density at radius 1 is 1.00 bits per heavy atom. The molecule has 152 valence electrons. The quantitative estimate of drug-likeness (QED) is 0.501. The standard InChI is InChI=1S/C23H22N4O2S/c1-15-18(13-16-7-8-17(29-2)14-20(16)24-15)22(28)26-9-11-27(12-10-26)23-25-19-5-3-4-6-21(19)30-23/h3-8,13-14H,9-12H2,1-2H3. The molecule has 0 radical (unpaired) electrons. The molecule has 1 amide bonds. The SMILES string of the molecule is COc1ccc2cc(C(=O)N3CCN(c4nc5ccccc5s4)CC3)c(C)nc2c1. The number of ether oxygens (including phenoxy) is 1. The van der Waals surface area contributed by atoms with E-state index in [1.807, 2.05) is 54.3 Å². The van der Waals surface area contributed by atoms with Crippen molar-refractivity contribution in [2.24, 2.45) is 0 Å². The molecule has 7 heteroatoms. The molecule has 1 saturated heterocycles. The maximum atomic E-state index is 13.2. The van der Waals surface area contributed by atoms with Gasteiger partial charge in [-0.15, -0.1) is 0 Å². The Hall–Kier alpha value is -3.19. The highest BCUT2D eigenvalue weighted by Gasteiger charge is 2.25. The smallest absolute Gasteiger partial charge is 0.255 e.